The normalized spacial score (nSPS) is 46.8. The molecule has 0 radical (unpaired) electrons. The molecule has 0 heteroatoms. The fourth-order valence-electron chi connectivity index (χ4n) is 8.98. The van der Waals surface area contributed by atoms with Crippen LogP contribution >= 0.6 is 0 Å². The molecule has 0 heterocycles. The van der Waals surface area contributed by atoms with E-state index in [1.807, 2.05) is 5.57 Å². The topological polar surface area (TPSA) is 0 Å². The Kier molecular flexibility index (Phi) is 5.68. The van der Waals surface area contributed by atoms with Crippen LogP contribution in [0.25, 0.3) is 0 Å². The van der Waals surface area contributed by atoms with E-state index in [0.717, 1.165) is 35.0 Å². The summed E-state index contributed by atoms with van der Waals surface area (Å²) in [5, 5.41) is 0. The van der Waals surface area contributed by atoms with Crippen molar-refractivity contribution in [3.63, 3.8) is 0 Å². The maximum atomic E-state index is 2.83. The predicted octanol–water partition coefficient (Wildman–Crippen LogP) is 9.22. The van der Waals surface area contributed by atoms with Gasteiger partial charge in [0.25, 0.3) is 0 Å². The lowest BCUT2D eigenvalue weighted by Gasteiger charge is -2.38. The molecule has 30 heavy (non-hydrogen) atoms. The molecule has 3 saturated carbocycles. The molecule has 0 aromatic rings. The molecular weight excluding hydrogens is 360 g/mol. The van der Waals surface area contributed by atoms with Gasteiger partial charge in [-0.25, -0.2) is 0 Å². The van der Waals surface area contributed by atoms with Gasteiger partial charge < -0.3 is 0 Å². The molecular formula is C30H50. The summed E-state index contributed by atoms with van der Waals surface area (Å²) in [6.45, 7) is 19.9. The van der Waals surface area contributed by atoms with Crippen LogP contribution in [0.1, 0.15) is 113 Å². The Hall–Kier alpha value is -0.520. The van der Waals surface area contributed by atoms with Crippen molar-refractivity contribution < 1.29 is 0 Å². The molecule has 3 fully saturated rings. The molecule has 0 aromatic heterocycles. The van der Waals surface area contributed by atoms with Gasteiger partial charge in [-0.3, -0.25) is 0 Å². The first kappa shape index (κ1) is 22.7. The minimum atomic E-state index is 0.320. The van der Waals surface area contributed by atoms with Crippen molar-refractivity contribution in [3.05, 3.63) is 23.8 Å². The van der Waals surface area contributed by atoms with E-state index in [2.05, 4.69) is 73.6 Å². The van der Waals surface area contributed by atoms with Gasteiger partial charge in [0.2, 0.25) is 0 Å². The van der Waals surface area contributed by atoms with Crippen molar-refractivity contribution in [3.8, 4) is 0 Å². The predicted molar refractivity (Wildman–Crippen MR) is 131 cm³/mol. The van der Waals surface area contributed by atoms with Gasteiger partial charge >= 0.3 is 0 Å². The maximum Gasteiger partial charge on any atom is 0.00424 e. The number of fused-ring (bicyclic) bond motifs is 1. The first-order chi connectivity index (χ1) is 14.1. The Morgan fingerprint density at radius 2 is 1.77 bits per heavy atom. The van der Waals surface area contributed by atoms with Crippen LogP contribution in [0.5, 0.6) is 0 Å². The Bertz CT molecular complexity index is 706. The Labute approximate surface area is 188 Å². The van der Waals surface area contributed by atoms with Crippen LogP contribution in [-0.4, -0.2) is 0 Å². The van der Waals surface area contributed by atoms with E-state index in [4.69, 9.17) is 0 Å². The zero-order valence-electron chi connectivity index (χ0n) is 21.5. The number of hydrogen-bond donors (Lipinski definition) is 0. The fourth-order valence-corrected chi connectivity index (χ4v) is 8.98. The number of rotatable bonds is 4. The lowest BCUT2D eigenvalue weighted by Crippen LogP contribution is -2.31. The minimum absolute atomic E-state index is 0.320. The van der Waals surface area contributed by atoms with E-state index in [0.29, 0.717) is 16.2 Å². The molecule has 7 atom stereocenters. The van der Waals surface area contributed by atoms with Gasteiger partial charge in [-0.05, 0) is 90.8 Å². The van der Waals surface area contributed by atoms with Crippen molar-refractivity contribution in [1.29, 1.82) is 0 Å². The highest BCUT2D eigenvalue weighted by molar-refractivity contribution is 5.56. The summed E-state index contributed by atoms with van der Waals surface area (Å²) in [5.74, 6) is 4.57. The van der Waals surface area contributed by atoms with Crippen LogP contribution in [0, 0.1) is 51.2 Å². The van der Waals surface area contributed by atoms with Gasteiger partial charge in [0.1, 0.15) is 0 Å². The lowest BCUT2D eigenvalue weighted by atomic mass is 9.66. The molecule has 0 N–H and O–H groups in total. The maximum absolute atomic E-state index is 2.83. The molecule has 170 valence electrons. The molecule has 4 rings (SSSR count). The molecule has 1 spiro atoms. The summed E-state index contributed by atoms with van der Waals surface area (Å²) in [5.41, 5.74) is 4.06. The third-order valence-corrected chi connectivity index (χ3v) is 10.3. The molecule has 0 bridgehead atoms. The fraction of sp³-hybridized carbons (Fsp3) is 0.867. The molecule has 4 aliphatic carbocycles. The van der Waals surface area contributed by atoms with E-state index in [1.165, 1.54) is 51.4 Å². The average molecular weight is 411 g/mol. The summed E-state index contributed by atoms with van der Waals surface area (Å²) < 4.78 is 0. The highest BCUT2D eigenvalue weighted by atomic mass is 15.0. The van der Waals surface area contributed by atoms with Gasteiger partial charge in [0.15, 0.2) is 0 Å². The second-order valence-corrected chi connectivity index (χ2v) is 13.4. The average Bonchev–Trinajstić information content (AvgIpc) is 3.38. The number of hydrogen-bond acceptors (Lipinski definition) is 0. The molecule has 4 aliphatic rings. The van der Waals surface area contributed by atoms with Crippen molar-refractivity contribution in [2.45, 2.75) is 113 Å². The molecule has 0 amide bonds. The molecule has 0 aromatic carbocycles. The van der Waals surface area contributed by atoms with Crippen LogP contribution < -0.4 is 0 Å². The largest absolute Gasteiger partial charge is 0.0877 e. The zero-order valence-corrected chi connectivity index (χ0v) is 21.5. The molecule has 7 unspecified atom stereocenters. The van der Waals surface area contributed by atoms with Gasteiger partial charge in [-0.1, -0.05) is 92.0 Å². The summed E-state index contributed by atoms with van der Waals surface area (Å²) in [6, 6.07) is 0. The second kappa shape index (κ2) is 7.52. The smallest absolute Gasteiger partial charge is 0.00424 e. The van der Waals surface area contributed by atoms with Gasteiger partial charge in [0.05, 0.1) is 0 Å². The summed E-state index contributed by atoms with van der Waals surface area (Å²) >= 11 is 0. The lowest BCUT2D eigenvalue weighted by molar-refractivity contribution is 0.118. The van der Waals surface area contributed by atoms with Crippen molar-refractivity contribution in [1.82, 2.24) is 0 Å². The van der Waals surface area contributed by atoms with Crippen LogP contribution in [-0.2, 0) is 0 Å². The van der Waals surface area contributed by atoms with E-state index >= 15 is 0 Å². The van der Waals surface area contributed by atoms with Crippen molar-refractivity contribution >= 4 is 0 Å². The van der Waals surface area contributed by atoms with E-state index < -0.39 is 0 Å². The highest BCUT2D eigenvalue weighted by Gasteiger charge is 3.01. The standard InChI is InChI=1S/C30H50/c1-9-13-24-19-29-22(4)30(29,26(24)29)25-15-12-17-27(5,6)16-11-14-23(10-2)21(3)18-28(7,8)20-25/h11,14,20-24,26H,9-10,12-13,15-19H2,1-8H3. The Balaban J connectivity index is 1.62. The zero-order chi connectivity index (χ0) is 21.9. The second-order valence-electron chi connectivity index (χ2n) is 13.4. The Morgan fingerprint density at radius 3 is 2.43 bits per heavy atom. The number of allylic oxidation sites excluding steroid dienone is 4. The van der Waals surface area contributed by atoms with Crippen molar-refractivity contribution in [2.24, 2.45) is 51.2 Å². The SMILES string of the molecule is CCCC1CC23C(C)C2(C2=CC(C)(C)CC(C)C(CC)C=CCC(C)(C)CCC2)C13. The molecule has 0 saturated heterocycles. The van der Waals surface area contributed by atoms with E-state index in [9.17, 15) is 0 Å². The van der Waals surface area contributed by atoms with Crippen LogP contribution in [0.4, 0.5) is 0 Å². The quantitative estimate of drug-likeness (QED) is 0.405. The van der Waals surface area contributed by atoms with Crippen LogP contribution in [0.2, 0.25) is 0 Å². The molecule has 0 nitrogen and oxygen atoms in total. The van der Waals surface area contributed by atoms with Gasteiger partial charge in [-0.15, -0.1) is 0 Å². The summed E-state index contributed by atoms with van der Waals surface area (Å²) in [4.78, 5) is 0. The first-order valence-electron chi connectivity index (χ1n) is 13.4. The van der Waals surface area contributed by atoms with Crippen LogP contribution in [0.15, 0.2) is 23.8 Å². The molecule has 0 aliphatic heterocycles. The van der Waals surface area contributed by atoms with E-state index in [1.54, 1.807) is 6.42 Å². The minimum Gasteiger partial charge on any atom is -0.0877 e. The third-order valence-electron chi connectivity index (χ3n) is 10.3. The first-order valence-corrected chi connectivity index (χ1v) is 13.4. The van der Waals surface area contributed by atoms with Gasteiger partial charge in [-0.2, -0.15) is 0 Å². The van der Waals surface area contributed by atoms with E-state index in [-0.39, 0.29) is 0 Å². The summed E-state index contributed by atoms with van der Waals surface area (Å²) in [6.07, 6.45) is 20.3. The summed E-state index contributed by atoms with van der Waals surface area (Å²) in [7, 11) is 0. The van der Waals surface area contributed by atoms with Crippen molar-refractivity contribution in [2.75, 3.05) is 0 Å². The van der Waals surface area contributed by atoms with Gasteiger partial charge in [0, 0.05) is 5.41 Å². The Morgan fingerprint density at radius 1 is 1.03 bits per heavy atom. The highest BCUT2D eigenvalue weighted by Crippen LogP contribution is 3.05. The monoisotopic (exact) mass is 410 g/mol. The third kappa shape index (κ3) is 3.29. The van der Waals surface area contributed by atoms with Crippen LogP contribution in [0.3, 0.4) is 0 Å².